The predicted octanol–water partition coefficient (Wildman–Crippen LogP) is 2.67. The quantitative estimate of drug-likeness (QED) is 0.618. The molecule has 70 valence electrons. The Morgan fingerprint density at radius 2 is 1.86 bits per heavy atom. The molecule has 0 saturated heterocycles. The first-order valence-corrected chi connectivity index (χ1v) is 4.60. The zero-order valence-electron chi connectivity index (χ0n) is 8.63. The lowest BCUT2D eigenvalue weighted by molar-refractivity contribution is 0.962. The van der Waals surface area contributed by atoms with Crippen LogP contribution in [0.4, 0.5) is 0 Å². The fraction of sp³-hybridized carbons (Fsp3) is 0.250. The molecule has 1 aromatic carbocycles. The second-order valence-electron chi connectivity index (χ2n) is 3.69. The maximum Gasteiger partial charge on any atom is 0.101 e. The molecule has 0 saturated carbocycles. The number of fused-ring (bicyclic) bond motifs is 1. The fourth-order valence-electron chi connectivity index (χ4n) is 2.00. The molecule has 0 aliphatic rings. The average Bonchev–Trinajstić information content (AvgIpc) is 2.50. The lowest BCUT2D eigenvalue weighted by atomic mass is 10.0. The number of nitrogens with zero attached hydrogens (tertiary/aromatic N) is 2. The molecule has 2 rings (SSSR count). The number of hydrogen-bond donors (Lipinski definition) is 0. The third kappa shape index (κ3) is 1.03. The van der Waals surface area contributed by atoms with Gasteiger partial charge in [-0.3, -0.25) is 0 Å². The molecule has 1 aromatic heterocycles. The van der Waals surface area contributed by atoms with Gasteiger partial charge in [0.05, 0.1) is 11.1 Å². The molecule has 0 N–H and O–H groups in total. The molecule has 1 heterocycles. The molecule has 2 aromatic rings. The van der Waals surface area contributed by atoms with E-state index in [-0.39, 0.29) is 0 Å². The van der Waals surface area contributed by atoms with Gasteiger partial charge in [0.25, 0.3) is 0 Å². The summed E-state index contributed by atoms with van der Waals surface area (Å²) in [6.07, 6.45) is 1.89. The Labute approximate surface area is 83.4 Å². The monoisotopic (exact) mass is 184 g/mol. The average molecular weight is 184 g/mol. The van der Waals surface area contributed by atoms with Crippen LogP contribution in [0.1, 0.15) is 16.7 Å². The van der Waals surface area contributed by atoms with Crippen molar-refractivity contribution >= 4 is 10.9 Å². The van der Waals surface area contributed by atoms with Gasteiger partial charge in [-0.25, -0.2) is 0 Å². The number of aromatic nitrogens is 1. The summed E-state index contributed by atoms with van der Waals surface area (Å²) in [7, 11) is 1.98. The predicted molar refractivity (Wildman–Crippen MR) is 57.1 cm³/mol. The van der Waals surface area contributed by atoms with E-state index < -0.39 is 0 Å². The zero-order valence-corrected chi connectivity index (χ0v) is 8.63. The van der Waals surface area contributed by atoms with Crippen LogP contribution in [-0.4, -0.2) is 4.57 Å². The summed E-state index contributed by atoms with van der Waals surface area (Å²) in [5.41, 5.74) is 4.32. The van der Waals surface area contributed by atoms with Gasteiger partial charge in [0.2, 0.25) is 0 Å². The summed E-state index contributed by atoms with van der Waals surface area (Å²) in [5, 5.41) is 10.1. The van der Waals surface area contributed by atoms with E-state index in [1.165, 1.54) is 16.6 Å². The third-order valence-electron chi connectivity index (χ3n) is 2.65. The van der Waals surface area contributed by atoms with Crippen LogP contribution in [-0.2, 0) is 7.05 Å². The maximum atomic E-state index is 9.00. The minimum atomic E-state index is 0.767. The van der Waals surface area contributed by atoms with E-state index in [1.54, 1.807) is 0 Å². The van der Waals surface area contributed by atoms with Crippen molar-refractivity contribution in [1.82, 2.24) is 4.57 Å². The number of hydrogen-bond acceptors (Lipinski definition) is 1. The van der Waals surface area contributed by atoms with Gasteiger partial charge >= 0.3 is 0 Å². The van der Waals surface area contributed by atoms with Gasteiger partial charge in [-0.05, 0) is 25.0 Å². The summed E-state index contributed by atoms with van der Waals surface area (Å²) in [6.45, 7) is 4.12. The molecule has 0 amide bonds. The molecule has 0 radical (unpaired) electrons. The van der Waals surface area contributed by atoms with Crippen molar-refractivity contribution in [3.8, 4) is 6.07 Å². The van der Waals surface area contributed by atoms with Crippen LogP contribution in [0.5, 0.6) is 0 Å². The standard InChI is InChI=1S/C12H12N2/c1-8-4-5-9(2)12-11(8)10(6-13)7-14(12)3/h4-5,7H,1-3H3. The Kier molecular flexibility index (Phi) is 1.82. The Balaban J connectivity index is 3.04. The SMILES string of the molecule is Cc1ccc(C)c2c1c(C#N)cn2C. The number of benzene rings is 1. The first-order valence-electron chi connectivity index (χ1n) is 4.60. The molecular weight excluding hydrogens is 172 g/mol. The normalized spacial score (nSPS) is 10.4. The maximum absolute atomic E-state index is 9.00. The third-order valence-corrected chi connectivity index (χ3v) is 2.65. The molecule has 14 heavy (non-hydrogen) atoms. The van der Waals surface area contributed by atoms with Crippen molar-refractivity contribution in [2.24, 2.45) is 7.05 Å². The number of rotatable bonds is 0. The minimum Gasteiger partial charge on any atom is -0.349 e. The highest BCUT2D eigenvalue weighted by Crippen LogP contribution is 2.26. The smallest absolute Gasteiger partial charge is 0.101 e. The van der Waals surface area contributed by atoms with Gasteiger partial charge in [-0.1, -0.05) is 12.1 Å². The van der Waals surface area contributed by atoms with Crippen LogP contribution in [0.2, 0.25) is 0 Å². The first kappa shape index (κ1) is 8.83. The lowest BCUT2D eigenvalue weighted by Crippen LogP contribution is -1.87. The molecule has 0 bridgehead atoms. The second kappa shape index (κ2) is 2.88. The van der Waals surface area contributed by atoms with Crippen LogP contribution in [0.15, 0.2) is 18.3 Å². The van der Waals surface area contributed by atoms with Crippen LogP contribution in [0.25, 0.3) is 10.9 Å². The van der Waals surface area contributed by atoms with Crippen LogP contribution >= 0.6 is 0 Å². The summed E-state index contributed by atoms with van der Waals surface area (Å²) >= 11 is 0. The van der Waals surface area contributed by atoms with Crippen molar-refractivity contribution in [1.29, 1.82) is 5.26 Å². The zero-order chi connectivity index (χ0) is 10.3. The van der Waals surface area contributed by atoms with Gasteiger partial charge in [0.1, 0.15) is 6.07 Å². The summed E-state index contributed by atoms with van der Waals surface area (Å²) < 4.78 is 2.02. The van der Waals surface area contributed by atoms with E-state index in [4.69, 9.17) is 5.26 Å². The van der Waals surface area contributed by atoms with Gasteiger partial charge < -0.3 is 4.57 Å². The van der Waals surface area contributed by atoms with E-state index >= 15 is 0 Å². The van der Waals surface area contributed by atoms with E-state index in [9.17, 15) is 0 Å². The van der Waals surface area contributed by atoms with E-state index in [0.717, 1.165) is 10.9 Å². The first-order chi connectivity index (χ1) is 6.65. The topological polar surface area (TPSA) is 28.7 Å². The second-order valence-corrected chi connectivity index (χ2v) is 3.69. The highest BCUT2D eigenvalue weighted by atomic mass is 14.9. The Morgan fingerprint density at radius 3 is 2.50 bits per heavy atom. The van der Waals surface area contributed by atoms with Crippen molar-refractivity contribution in [3.05, 3.63) is 35.0 Å². The highest BCUT2D eigenvalue weighted by Gasteiger charge is 2.09. The van der Waals surface area contributed by atoms with Crippen molar-refractivity contribution < 1.29 is 0 Å². The van der Waals surface area contributed by atoms with Crippen LogP contribution in [0.3, 0.4) is 0 Å². The van der Waals surface area contributed by atoms with E-state index in [1.807, 2.05) is 24.7 Å². The van der Waals surface area contributed by atoms with Gasteiger partial charge in [0, 0.05) is 18.6 Å². The molecule has 0 spiro atoms. The molecule has 0 aliphatic carbocycles. The lowest BCUT2D eigenvalue weighted by Gasteiger charge is -2.02. The Hall–Kier alpha value is -1.75. The molecule has 2 heteroatoms. The molecule has 0 unspecified atom stereocenters. The fourth-order valence-corrected chi connectivity index (χ4v) is 2.00. The van der Waals surface area contributed by atoms with E-state index in [0.29, 0.717) is 0 Å². The Bertz CT molecular complexity index is 541. The molecule has 0 aliphatic heterocycles. The minimum absolute atomic E-state index is 0.767. The molecular formula is C12H12N2. The Morgan fingerprint density at radius 1 is 1.21 bits per heavy atom. The number of aryl methyl sites for hydroxylation is 3. The van der Waals surface area contributed by atoms with E-state index in [2.05, 4.69) is 25.1 Å². The highest BCUT2D eigenvalue weighted by molar-refractivity contribution is 5.91. The summed E-state index contributed by atoms with van der Waals surface area (Å²) in [4.78, 5) is 0. The molecule has 0 atom stereocenters. The van der Waals surface area contributed by atoms with Gasteiger partial charge in [-0.15, -0.1) is 0 Å². The van der Waals surface area contributed by atoms with Crippen molar-refractivity contribution in [2.45, 2.75) is 13.8 Å². The summed E-state index contributed by atoms with van der Waals surface area (Å²) in [6, 6.07) is 6.40. The molecule has 2 nitrogen and oxygen atoms in total. The van der Waals surface area contributed by atoms with Crippen LogP contribution in [0, 0.1) is 25.2 Å². The van der Waals surface area contributed by atoms with Gasteiger partial charge in [-0.2, -0.15) is 5.26 Å². The number of nitriles is 1. The van der Waals surface area contributed by atoms with Crippen LogP contribution < -0.4 is 0 Å². The van der Waals surface area contributed by atoms with Crippen molar-refractivity contribution in [2.75, 3.05) is 0 Å². The van der Waals surface area contributed by atoms with Gasteiger partial charge in [0.15, 0.2) is 0 Å². The largest absolute Gasteiger partial charge is 0.349 e. The molecule has 0 fully saturated rings. The van der Waals surface area contributed by atoms with Crippen molar-refractivity contribution in [3.63, 3.8) is 0 Å². The summed E-state index contributed by atoms with van der Waals surface area (Å²) in [5.74, 6) is 0.